The second kappa shape index (κ2) is 2.58. The van der Waals surface area contributed by atoms with Crippen molar-refractivity contribution in [1.29, 1.82) is 0 Å². The van der Waals surface area contributed by atoms with Crippen LogP contribution in [0.3, 0.4) is 0 Å². The summed E-state index contributed by atoms with van der Waals surface area (Å²) >= 11 is 0. The van der Waals surface area contributed by atoms with Crippen molar-refractivity contribution in [3.63, 3.8) is 0 Å². The summed E-state index contributed by atoms with van der Waals surface area (Å²) in [6.45, 7) is 1.33. The Balaban J connectivity index is 2.79. The Morgan fingerprint density at radius 3 is 2.45 bits per heavy atom. The van der Waals surface area contributed by atoms with Gasteiger partial charge in [0.05, 0.1) is 0 Å². The molecule has 0 bridgehead atoms. The van der Waals surface area contributed by atoms with Crippen molar-refractivity contribution in [3.05, 3.63) is 0 Å². The topological polar surface area (TPSA) is 66.8 Å². The van der Waals surface area contributed by atoms with Gasteiger partial charge in [0.25, 0.3) is 0 Å². The summed E-state index contributed by atoms with van der Waals surface area (Å²) in [6.07, 6.45) is -1.83. The summed E-state index contributed by atoms with van der Waals surface area (Å²) in [5.41, 5.74) is -1.54. The summed E-state index contributed by atoms with van der Waals surface area (Å²) < 4.78 is 4.75. The molecule has 2 radical (unpaired) electrons. The quantitative estimate of drug-likeness (QED) is 0.347. The van der Waals surface area contributed by atoms with E-state index < -0.39 is 23.8 Å². The maximum absolute atomic E-state index is 10.2. The molecular weight excluding hydrogens is 147 g/mol. The number of aldehydes is 1. The van der Waals surface area contributed by atoms with Crippen LogP contribution in [0.1, 0.15) is 6.92 Å². The first-order valence-electron chi connectivity index (χ1n) is 3.27. The van der Waals surface area contributed by atoms with Crippen LogP contribution < -0.4 is 0 Å². The highest BCUT2D eigenvalue weighted by molar-refractivity contribution is 6.12. The van der Waals surface area contributed by atoms with E-state index in [9.17, 15) is 15.0 Å². The van der Waals surface area contributed by atoms with Crippen molar-refractivity contribution in [2.24, 2.45) is 0 Å². The number of hydrogen-bond donors (Lipinski definition) is 2. The zero-order valence-electron chi connectivity index (χ0n) is 6.10. The minimum atomic E-state index is -1.54. The van der Waals surface area contributed by atoms with E-state index in [1.807, 2.05) is 0 Å². The summed E-state index contributed by atoms with van der Waals surface area (Å²) in [7, 11) is 5.28. The van der Waals surface area contributed by atoms with Gasteiger partial charge in [-0.05, 0) is 6.92 Å². The Morgan fingerprint density at radius 1 is 1.73 bits per heavy atom. The molecule has 1 rings (SSSR count). The molecule has 1 heterocycles. The number of ether oxygens (including phenoxy) is 1. The molecule has 0 aromatic heterocycles. The highest BCUT2D eigenvalue weighted by Crippen LogP contribution is 2.27. The number of aliphatic hydroxyl groups excluding tert-OH is 1. The lowest BCUT2D eigenvalue weighted by atomic mass is 9.82. The van der Waals surface area contributed by atoms with E-state index in [4.69, 9.17) is 12.6 Å². The average molecular weight is 156 g/mol. The van der Waals surface area contributed by atoms with E-state index in [1.54, 1.807) is 0 Å². The van der Waals surface area contributed by atoms with Gasteiger partial charge in [0.15, 0.2) is 6.29 Å². The van der Waals surface area contributed by atoms with Gasteiger partial charge in [-0.2, -0.15) is 0 Å². The molecule has 1 aliphatic rings. The van der Waals surface area contributed by atoms with Gasteiger partial charge >= 0.3 is 0 Å². The van der Waals surface area contributed by atoms with E-state index in [-0.39, 0.29) is 0 Å². The van der Waals surface area contributed by atoms with Crippen molar-refractivity contribution in [3.8, 4) is 0 Å². The van der Waals surface area contributed by atoms with Crippen molar-refractivity contribution in [2.75, 3.05) is 0 Å². The van der Waals surface area contributed by atoms with Crippen LogP contribution in [0, 0.1) is 0 Å². The Labute approximate surface area is 65.6 Å². The van der Waals surface area contributed by atoms with E-state index in [2.05, 4.69) is 0 Å². The molecule has 0 aromatic carbocycles. The zero-order valence-corrected chi connectivity index (χ0v) is 6.10. The molecule has 0 aliphatic carbocycles. The molecule has 1 saturated heterocycles. The fraction of sp³-hybridized carbons (Fsp3) is 0.833. The van der Waals surface area contributed by atoms with Gasteiger partial charge in [-0.15, -0.1) is 0 Å². The Morgan fingerprint density at radius 2 is 2.27 bits per heavy atom. The molecule has 0 amide bonds. The van der Waals surface area contributed by atoms with Crippen LogP contribution in [0.5, 0.6) is 0 Å². The monoisotopic (exact) mass is 156 g/mol. The van der Waals surface area contributed by atoms with Crippen LogP contribution in [-0.4, -0.2) is 48.2 Å². The van der Waals surface area contributed by atoms with Gasteiger partial charge in [-0.25, -0.2) is 0 Å². The molecule has 4 atom stereocenters. The molecule has 2 N–H and O–H groups in total. The molecule has 0 spiro atoms. The third-order valence-electron chi connectivity index (χ3n) is 1.92. The Kier molecular flexibility index (Phi) is 2.05. The number of rotatable bonds is 1. The summed E-state index contributed by atoms with van der Waals surface area (Å²) in [5.74, 6) is 0. The van der Waals surface area contributed by atoms with Crippen LogP contribution in [0.15, 0.2) is 0 Å². The molecule has 0 aromatic rings. The molecule has 1 aliphatic heterocycles. The first kappa shape index (κ1) is 8.71. The summed E-state index contributed by atoms with van der Waals surface area (Å²) in [5, 5.41) is 18.6. The van der Waals surface area contributed by atoms with Gasteiger partial charge in [0.2, 0.25) is 0 Å². The normalized spacial score (nSPS) is 51.0. The van der Waals surface area contributed by atoms with Crippen molar-refractivity contribution in [1.82, 2.24) is 0 Å². The van der Waals surface area contributed by atoms with Crippen molar-refractivity contribution >= 4 is 14.1 Å². The standard InChI is InChI=1S/C6H9BO4/c1-6(10)4(9)3(2-8)11-5(6)7/h2-5,9-10H,1H3/t3-,4?,5-,6?/m1/s1. The van der Waals surface area contributed by atoms with Gasteiger partial charge in [0, 0.05) is 6.00 Å². The molecule has 0 saturated carbocycles. The Bertz CT molecular complexity index is 170. The minimum Gasteiger partial charge on any atom is -0.387 e. The fourth-order valence-corrected chi connectivity index (χ4v) is 0.989. The predicted molar refractivity (Wildman–Crippen MR) is 37.1 cm³/mol. The summed E-state index contributed by atoms with van der Waals surface area (Å²) in [6, 6.07) is -1.01. The molecule has 2 unspecified atom stereocenters. The lowest BCUT2D eigenvalue weighted by molar-refractivity contribution is -0.120. The maximum atomic E-state index is 10.2. The molecule has 4 nitrogen and oxygen atoms in total. The Hall–Kier alpha value is -0.385. The number of carbonyl (C=O) groups is 1. The SMILES string of the molecule is [B][C@@H]1O[C@H](C=O)C(O)C1(C)O. The van der Waals surface area contributed by atoms with E-state index in [1.165, 1.54) is 6.92 Å². The van der Waals surface area contributed by atoms with E-state index in [0.29, 0.717) is 6.29 Å². The highest BCUT2D eigenvalue weighted by Gasteiger charge is 2.49. The van der Waals surface area contributed by atoms with Crippen LogP contribution in [-0.2, 0) is 9.53 Å². The van der Waals surface area contributed by atoms with E-state index >= 15 is 0 Å². The second-order valence-corrected chi connectivity index (χ2v) is 2.83. The minimum absolute atomic E-state index is 0.423. The van der Waals surface area contributed by atoms with Gasteiger partial charge in [-0.3, -0.25) is 0 Å². The van der Waals surface area contributed by atoms with Crippen LogP contribution >= 0.6 is 0 Å². The largest absolute Gasteiger partial charge is 0.387 e. The molecular formula is C6H9BO4. The highest BCUT2D eigenvalue weighted by atomic mass is 16.5. The maximum Gasteiger partial charge on any atom is 0.151 e. The molecule has 11 heavy (non-hydrogen) atoms. The summed E-state index contributed by atoms with van der Waals surface area (Å²) in [4.78, 5) is 10.2. The second-order valence-electron chi connectivity index (χ2n) is 2.83. The van der Waals surface area contributed by atoms with Crippen molar-refractivity contribution < 1.29 is 19.7 Å². The molecule has 5 heteroatoms. The first-order valence-corrected chi connectivity index (χ1v) is 3.27. The lowest BCUT2D eigenvalue weighted by Gasteiger charge is -2.23. The van der Waals surface area contributed by atoms with Gasteiger partial charge in [0.1, 0.15) is 25.7 Å². The average Bonchev–Trinajstić information content (AvgIpc) is 2.14. The van der Waals surface area contributed by atoms with E-state index in [0.717, 1.165) is 0 Å². The number of hydrogen-bond acceptors (Lipinski definition) is 4. The van der Waals surface area contributed by atoms with Crippen LogP contribution in [0.2, 0.25) is 0 Å². The third-order valence-corrected chi connectivity index (χ3v) is 1.92. The lowest BCUT2D eigenvalue weighted by Crippen LogP contribution is -2.45. The third kappa shape index (κ3) is 1.19. The van der Waals surface area contributed by atoms with Gasteiger partial charge < -0.3 is 19.7 Å². The number of aliphatic hydroxyl groups is 2. The smallest absolute Gasteiger partial charge is 0.151 e. The van der Waals surface area contributed by atoms with Crippen LogP contribution in [0.4, 0.5) is 0 Å². The van der Waals surface area contributed by atoms with Crippen molar-refractivity contribution in [2.45, 2.75) is 30.7 Å². The molecule has 1 fully saturated rings. The van der Waals surface area contributed by atoms with Gasteiger partial charge in [-0.1, -0.05) is 0 Å². The predicted octanol–water partition coefficient (Wildman–Crippen LogP) is -1.81. The zero-order chi connectivity index (χ0) is 8.65. The number of carbonyl (C=O) groups excluding carboxylic acids is 1. The first-order chi connectivity index (χ1) is 5.00. The molecule has 60 valence electrons. The fourth-order valence-electron chi connectivity index (χ4n) is 0.989. The van der Waals surface area contributed by atoms with Crippen LogP contribution in [0.25, 0.3) is 0 Å².